The zero-order valence-corrected chi connectivity index (χ0v) is 10.4. The van der Waals surface area contributed by atoms with Gasteiger partial charge in [-0.15, -0.1) is 11.6 Å². The maximum Gasteiger partial charge on any atom is 0.164 e. The molecule has 13 heavy (non-hydrogen) atoms. The van der Waals surface area contributed by atoms with Gasteiger partial charge >= 0.3 is 0 Å². The molecule has 70 valence electrons. The Morgan fingerprint density at radius 3 is 2.69 bits per heavy atom. The summed E-state index contributed by atoms with van der Waals surface area (Å²) < 4.78 is 0.946. The van der Waals surface area contributed by atoms with Crippen LogP contribution in [0.3, 0.4) is 0 Å². The zero-order valence-electron chi connectivity index (χ0n) is 6.69. The number of benzene rings is 1. The lowest BCUT2D eigenvalue weighted by atomic mass is 10.1. The molecule has 0 aliphatic rings. The third-order valence-corrected chi connectivity index (χ3v) is 3.32. The zero-order chi connectivity index (χ0) is 9.84. The topological polar surface area (TPSA) is 17.1 Å². The molecule has 1 aromatic rings. The smallest absolute Gasteiger partial charge is 0.164 e. The average molecular weight is 329 g/mol. The van der Waals surface area contributed by atoms with Crippen LogP contribution in [0.5, 0.6) is 0 Å². The Morgan fingerprint density at radius 2 is 2.15 bits per heavy atom. The fraction of sp³-hybridized carbons (Fsp3) is 0.222. The lowest BCUT2D eigenvalue weighted by Crippen LogP contribution is -1.99. The molecule has 0 saturated carbocycles. The van der Waals surface area contributed by atoms with E-state index in [4.69, 9.17) is 23.2 Å². The highest BCUT2D eigenvalue weighted by Crippen LogP contribution is 2.20. The molecule has 0 unspecified atom stereocenters. The molecule has 0 aliphatic heterocycles. The molecule has 0 saturated heterocycles. The molecule has 0 fully saturated rings. The molecular weight excluding hydrogens is 322 g/mol. The van der Waals surface area contributed by atoms with Gasteiger partial charge in [-0.3, -0.25) is 4.79 Å². The van der Waals surface area contributed by atoms with Crippen molar-refractivity contribution in [3.8, 4) is 0 Å². The van der Waals surface area contributed by atoms with Gasteiger partial charge in [0.05, 0.1) is 5.02 Å². The molecule has 0 spiro atoms. The van der Waals surface area contributed by atoms with Crippen LogP contribution in [0.4, 0.5) is 0 Å². The third kappa shape index (κ3) is 3.11. The van der Waals surface area contributed by atoms with E-state index in [0.29, 0.717) is 22.9 Å². The lowest BCUT2D eigenvalue weighted by Gasteiger charge is -2.00. The minimum Gasteiger partial charge on any atom is -0.294 e. The van der Waals surface area contributed by atoms with Crippen LogP contribution in [0.15, 0.2) is 18.2 Å². The van der Waals surface area contributed by atoms with Gasteiger partial charge in [-0.1, -0.05) is 17.7 Å². The largest absolute Gasteiger partial charge is 0.294 e. The highest BCUT2D eigenvalue weighted by atomic mass is 127. The van der Waals surface area contributed by atoms with Crippen molar-refractivity contribution in [3.63, 3.8) is 0 Å². The van der Waals surface area contributed by atoms with Crippen molar-refractivity contribution in [2.45, 2.75) is 6.42 Å². The van der Waals surface area contributed by atoms with Crippen molar-refractivity contribution in [1.82, 2.24) is 0 Å². The van der Waals surface area contributed by atoms with Gasteiger partial charge in [0.25, 0.3) is 0 Å². The molecule has 0 N–H and O–H groups in total. The van der Waals surface area contributed by atoms with Gasteiger partial charge in [0.1, 0.15) is 0 Å². The molecule has 4 heteroatoms. The number of carbonyl (C=O) groups is 1. The van der Waals surface area contributed by atoms with E-state index < -0.39 is 0 Å². The predicted octanol–water partition coefficient (Wildman–Crippen LogP) is 3.76. The Balaban J connectivity index is 2.90. The molecular formula is C9H7Cl2IO. The van der Waals surface area contributed by atoms with Crippen molar-refractivity contribution in [1.29, 1.82) is 0 Å². The predicted molar refractivity (Wildman–Crippen MR) is 63.8 cm³/mol. The Hall–Kier alpha value is 0.200. The number of Topliss-reactive ketones (excluding diaryl/α,β-unsaturated/α-hetero) is 1. The summed E-state index contributed by atoms with van der Waals surface area (Å²) in [6, 6.07) is 5.27. The van der Waals surface area contributed by atoms with E-state index in [-0.39, 0.29) is 5.78 Å². The van der Waals surface area contributed by atoms with Crippen molar-refractivity contribution in [2.75, 3.05) is 5.88 Å². The van der Waals surface area contributed by atoms with Gasteiger partial charge in [-0.2, -0.15) is 0 Å². The van der Waals surface area contributed by atoms with Crippen molar-refractivity contribution in [3.05, 3.63) is 32.4 Å². The van der Waals surface area contributed by atoms with Gasteiger partial charge in [0.15, 0.2) is 5.78 Å². The van der Waals surface area contributed by atoms with Crippen LogP contribution in [-0.2, 0) is 0 Å². The van der Waals surface area contributed by atoms with Crippen molar-refractivity contribution < 1.29 is 4.79 Å². The molecule has 0 radical (unpaired) electrons. The molecule has 0 bridgehead atoms. The van der Waals surface area contributed by atoms with E-state index in [2.05, 4.69) is 22.6 Å². The molecule has 0 amide bonds. The summed E-state index contributed by atoms with van der Waals surface area (Å²) in [6.07, 6.45) is 0.360. The van der Waals surface area contributed by atoms with E-state index in [1.54, 1.807) is 12.1 Å². The maximum atomic E-state index is 11.4. The molecule has 1 nitrogen and oxygen atoms in total. The van der Waals surface area contributed by atoms with E-state index in [0.717, 1.165) is 3.57 Å². The first kappa shape index (κ1) is 11.3. The quantitative estimate of drug-likeness (QED) is 0.469. The van der Waals surface area contributed by atoms with Gasteiger partial charge in [0.2, 0.25) is 0 Å². The molecule has 0 aromatic heterocycles. The lowest BCUT2D eigenvalue weighted by molar-refractivity contribution is 0.0989. The minimum absolute atomic E-state index is 0.0355. The minimum atomic E-state index is 0.0355. The highest BCUT2D eigenvalue weighted by Gasteiger charge is 2.06. The Bertz CT molecular complexity index is 325. The SMILES string of the molecule is O=C(CCCl)c1ccc(I)c(Cl)c1. The molecule has 1 rings (SSSR count). The number of ketones is 1. The van der Waals surface area contributed by atoms with Gasteiger partial charge in [-0.25, -0.2) is 0 Å². The van der Waals surface area contributed by atoms with Crippen LogP contribution in [-0.4, -0.2) is 11.7 Å². The Morgan fingerprint density at radius 1 is 1.46 bits per heavy atom. The first-order valence-corrected chi connectivity index (χ1v) is 5.68. The Labute approximate surface area is 101 Å². The summed E-state index contributed by atoms with van der Waals surface area (Å²) in [5, 5.41) is 0.612. The summed E-state index contributed by atoms with van der Waals surface area (Å²) >= 11 is 13.4. The van der Waals surface area contributed by atoms with Crippen LogP contribution in [0.1, 0.15) is 16.8 Å². The summed E-state index contributed by atoms with van der Waals surface area (Å²) in [7, 11) is 0. The van der Waals surface area contributed by atoms with Crippen LogP contribution in [0, 0.1) is 3.57 Å². The van der Waals surface area contributed by atoms with Crippen LogP contribution >= 0.6 is 45.8 Å². The van der Waals surface area contributed by atoms with Crippen LogP contribution in [0.2, 0.25) is 5.02 Å². The summed E-state index contributed by atoms with van der Waals surface area (Å²) in [4.78, 5) is 11.4. The van der Waals surface area contributed by atoms with Gasteiger partial charge in [-0.05, 0) is 34.7 Å². The molecule has 0 aliphatic carbocycles. The van der Waals surface area contributed by atoms with E-state index in [1.807, 2.05) is 6.07 Å². The standard InChI is InChI=1S/C9H7Cl2IO/c10-4-3-9(13)6-1-2-8(12)7(11)5-6/h1-2,5H,3-4H2. The number of carbonyl (C=O) groups excluding carboxylic acids is 1. The summed E-state index contributed by atoms with van der Waals surface area (Å²) in [5.74, 6) is 0.385. The second-order valence-electron chi connectivity index (χ2n) is 2.49. The van der Waals surface area contributed by atoms with Crippen LogP contribution in [0.25, 0.3) is 0 Å². The van der Waals surface area contributed by atoms with Gasteiger partial charge < -0.3 is 0 Å². The number of hydrogen-bond donors (Lipinski definition) is 0. The first-order valence-electron chi connectivity index (χ1n) is 3.69. The molecule has 1 aromatic carbocycles. The average Bonchev–Trinajstić information content (AvgIpc) is 2.10. The highest BCUT2D eigenvalue weighted by molar-refractivity contribution is 14.1. The maximum absolute atomic E-state index is 11.4. The van der Waals surface area contributed by atoms with E-state index in [9.17, 15) is 4.79 Å². The molecule has 0 atom stereocenters. The van der Waals surface area contributed by atoms with Gasteiger partial charge in [0, 0.05) is 21.4 Å². The first-order chi connectivity index (χ1) is 6.15. The second-order valence-corrected chi connectivity index (χ2v) is 4.44. The Kier molecular flexibility index (Phi) is 4.49. The third-order valence-electron chi connectivity index (χ3n) is 1.56. The van der Waals surface area contributed by atoms with Crippen molar-refractivity contribution in [2.24, 2.45) is 0 Å². The number of hydrogen-bond acceptors (Lipinski definition) is 1. The normalized spacial score (nSPS) is 10.1. The number of halogens is 3. The van der Waals surface area contributed by atoms with E-state index in [1.165, 1.54) is 0 Å². The van der Waals surface area contributed by atoms with Crippen molar-refractivity contribution >= 4 is 51.6 Å². The fourth-order valence-electron chi connectivity index (χ4n) is 0.900. The van der Waals surface area contributed by atoms with Crippen LogP contribution < -0.4 is 0 Å². The fourth-order valence-corrected chi connectivity index (χ4v) is 1.59. The summed E-state index contributed by atoms with van der Waals surface area (Å²) in [6.45, 7) is 0. The number of rotatable bonds is 3. The monoisotopic (exact) mass is 328 g/mol. The number of alkyl halides is 1. The van der Waals surface area contributed by atoms with E-state index >= 15 is 0 Å². The summed E-state index contributed by atoms with van der Waals surface area (Å²) in [5.41, 5.74) is 0.631. The second kappa shape index (κ2) is 5.17. The molecule has 0 heterocycles.